The zero-order valence-electron chi connectivity index (χ0n) is 19.3. The van der Waals surface area contributed by atoms with Crippen molar-refractivity contribution in [2.45, 2.75) is 116 Å². The van der Waals surface area contributed by atoms with E-state index in [1.807, 2.05) is 25.7 Å². The Morgan fingerprint density at radius 3 is 2.10 bits per heavy atom. The second-order valence-corrected chi connectivity index (χ2v) is 9.14. The molecule has 0 aromatic rings. The Hall–Kier alpha value is -1.95. The summed E-state index contributed by atoms with van der Waals surface area (Å²) in [6.07, 6.45) is 11.0. The van der Waals surface area contributed by atoms with Crippen LogP contribution in [0, 0.1) is 0 Å². The first kappa shape index (κ1) is 26.1. The van der Waals surface area contributed by atoms with Crippen molar-refractivity contribution in [2.24, 2.45) is 5.11 Å². The Kier molecular flexibility index (Phi) is 12.3. The molecule has 0 bridgehead atoms. The van der Waals surface area contributed by atoms with Crippen molar-refractivity contribution in [1.29, 1.82) is 0 Å². The first-order valence-corrected chi connectivity index (χ1v) is 11.4. The van der Waals surface area contributed by atoms with E-state index >= 15 is 0 Å². The van der Waals surface area contributed by atoms with Gasteiger partial charge < -0.3 is 14.4 Å². The molecule has 1 fully saturated rings. The molecular weight excluding hydrogens is 384 g/mol. The molecule has 0 aromatic carbocycles. The summed E-state index contributed by atoms with van der Waals surface area (Å²) in [5.74, 6) is -0.134. The molecule has 1 amide bonds. The zero-order valence-corrected chi connectivity index (χ0v) is 19.3. The van der Waals surface area contributed by atoms with Crippen LogP contribution < -0.4 is 0 Å². The molecule has 0 N–H and O–H groups in total. The number of carbonyl (C=O) groups excluding carboxylic acids is 2. The van der Waals surface area contributed by atoms with E-state index in [9.17, 15) is 9.59 Å². The summed E-state index contributed by atoms with van der Waals surface area (Å²) in [7, 11) is 1.43. The zero-order chi connectivity index (χ0) is 22.4. The van der Waals surface area contributed by atoms with Gasteiger partial charge in [-0.3, -0.25) is 4.79 Å². The minimum atomic E-state index is -0.512. The van der Waals surface area contributed by atoms with Crippen molar-refractivity contribution >= 4 is 12.1 Å². The average molecular weight is 425 g/mol. The molecule has 0 atom stereocenters. The summed E-state index contributed by atoms with van der Waals surface area (Å²) in [5.41, 5.74) is 8.12. The molecular formula is C22H40N4O4. The van der Waals surface area contributed by atoms with E-state index in [0.717, 1.165) is 70.6 Å². The fourth-order valence-corrected chi connectivity index (χ4v) is 3.84. The molecule has 1 saturated carbocycles. The standard InChI is InChI=1S/C22H40N4O4/c1-22(2,3)30-21(28)26(19-15-13-18(14-16-19)24-25-23)17-11-9-7-5-6-8-10-12-20(27)29-4/h18-19H,5-17H2,1-4H3. The molecule has 1 aliphatic rings. The predicted molar refractivity (Wildman–Crippen MR) is 117 cm³/mol. The van der Waals surface area contributed by atoms with Gasteiger partial charge in [-0.05, 0) is 64.8 Å². The van der Waals surface area contributed by atoms with Crippen LogP contribution in [0.15, 0.2) is 5.11 Å². The van der Waals surface area contributed by atoms with Gasteiger partial charge in [0.25, 0.3) is 0 Å². The quantitative estimate of drug-likeness (QED) is 0.123. The van der Waals surface area contributed by atoms with Gasteiger partial charge in [-0.15, -0.1) is 0 Å². The second-order valence-electron chi connectivity index (χ2n) is 9.14. The van der Waals surface area contributed by atoms with Gasteiger partial charge in [0, 0.05) is 30.0 Å². The van der Waals surface area contributed by atoms with Crippen molar-refractivity contribution in [3.05, 3.63) is 10.4 Å². The van der Waals surface area contributed by atoms with Crippen molar-refractivity contribution < 1.29 is 19.1 Å². The minimum absolute atomic E-state index is 0.0471. The third kappa shape index (κ3) is 11.3. The third-order valence-electron chi connectivity index (χ3n) is 5.46. The van der Waals surface area contributed by atoms with E-state index < -0.39 is 5.60 Å². The number of nitrogens with zero attached hydrogens (tertiary/aromatic N) is 4. The molecule has 1 aliphatic carbocycles. The summed E-state index contributed by atoms with van der Waals surface area (Å²) < 4.78 is 10.3. The largest absolute Gasteiger partial charge is 0.469 e. The number of hydrogen-bond acceptors (Lipinski definition) is 5. The highest BCUT2D eigenvalue weighted by Gasteiger charge is 2.31. The van der Waals surface area contributed by atoms with E-state index in [4.69, 9.17) is 10.3 Å². The Morgan fingerprint density at radius 2 is 1.57 bits per heavy atom. The van der Waals surface area contributed by atoms with E-state index in [2.05, 4.69) is 14.8 Å². The van der Waals surface area contributed by atoms with Crippen LogP contribution >= 0.6 is 0 Å². The molecule has 30 heavy (non-hydrogen) atoms. The van der Waals surface area contributed by atoms with E-state index in [1.165, 1.54) is 7.11 Å². The highest BCUT2D eigenvalue weighted by Crippen LogP contribution is 2.27. The van der Waals surface area contributed by atoms with Crippen molar-refractivity contribution in [1.82, 2.24) is 4.90 Å². The highest BCUT2D eigenvalue weighted by atomic mass is 16.6. The topological polar surface area (TPSA) is 105 Å². The number of ether oxygens (including phenoxy) is 2. The van der Waals surface area contributed by atoms with Crippen LogP contribution in [0.2, 0.25) is 0 Å². The lowest BCUT2D eigenvalue weighted by atomic mass is 9.90. The second kappa shape index (κ2) is 14.1. The molecule has 0 unspecified atom stereocenters. The van der Waals surface area contributed by atoms with Crippen LogP contribution in [0.4, 0.5) is 4.79 Å². The molecule has 0 spiro atoms. The molecule has 172 valence electrons. The first-order chi connectivity index (χ1) is 14.3. The van der Waals surface area contributed by atoms with Gasteiger partial charge in [-0.2, -0.15) is 0 Å². The van der Waals surface area contributed by atoms with Gasteiger partial charge in [0.15, 0.2) is 0 Å². The molecule has 0 radical (unpaired) electrons. The smallest absolute Gasteiger partial charge is 0.410 e. The lowest BCUT2D eigenvalue weighted by molar-refractivity contribution is -0.140. The molecule has 8 heteroatoms. The maximum atomic E-state index is 12.8. The third-order valence-corrected chi connectivity index (χ3v) is 5.46. The van der Waals surface area contributed by atoms with Gasteiger partial charge in [-0.25, -0.2) is 4.79 Å². The first-order valence-electron chi connectivity index (χ1n) is 11.4. The van der Waals surface area contributed by atoms with E-state index in [0.29, 0.717) is 13.0 Å². The molecule has 0 saturated heterocycles. The number of methoxy groups -OCH3 is 1. The molecule has 8 nitrogen and oxygen atoms in total. The predicted octanol–water partition coefficient (Wildman–Crippen LogP) is 6.14. The van der Waals surface area contributed by atoms with Crippen molar-refractivity contribution in [3.63, 3.8) is 0 Å². The Labute approximate surface area is 181 Å². The summed E-state index contributed by atoms with van der Waals surface area (Å²) in [6.45, 7) is 6.37. The van der Waals surface area contributed by atoms with Crippen LogP contribution in [-0.2, 0) is 14.3 Å². The normalized spacial score (nSPS) is 18.9. The van der Waals surface area contributed by atoms with Gasteiger partial charge >= 0.3 is 12.1 Å². The van der Waals surface area contributed by atoms with E-state index in [1.54, 1.807) is 0 Å². The van der Waals surface area contributed by atoms with Crippen LogP contribution in [0.5, 0.6) is 0 Å². The molecule has 0 aromatic heterocycles. The van der Waals surface area contributed by atoms with E-state index in [-0.39, 0.29) is 24.1 Å². The number of amides is 1. The van der Waals surface area contributed by atoms with Crippen LogP contribution in [-0.4, -0.2) is 48.3 Å². The summed E-state index contributed by atoms with van der Waals surface area (Å²) >= 11 is 0. The lowest BCUT2D eigenvalue weighted by Crippen LogP contribution is -2.45. The van der Waals surface area contributed by atoms with Crippen LogP contribution in [0.3, 0.4) is 0 Å². The average Bonchev–Trinajstić information content (AvgIpc) is 2.69. The monoisotopic (exact) mass is 424 g/mol. The maximum absolute atomic E-state index is 12.8. The molecule has 1 rings (SSSR count). The van der Waals surface area contributed by atoms with Crippen molar-refractivity contribution in [3.8, 4) is 0 Å². The Bertz CT molecular complexity index is 562. The molecule has 0 heterocycles. The van der Waals surface area contributed by atoms with Gasteiger partial charge in [0.2, 0.25) is 0 Å². The van der Waals surface area contributed by atoms with Gasteiger partial charge in [0.05, 0.1) is 7.11 Å². The van der Waals surface area contributed by atoms with Crippen LogP contribution in [0.25, 0.3) is 10.4 Å². The number of carbonyl (C=O) groups is 2. The number of hydrogen-bond donors (Lipinski definition) is 0. The SMILES string of the molecule is COC(=O)CCCCCCCCCN(C(=O)OC(C)(C)C)C1CCC(N=[N+]=[N-])CC1. The van der Waals surface area contributed by atoms with Crippen LogP contribution in [0.1, 0.15) is 97.8 Å². The Balaban J connectivity index is 2.37. The molecule has 0 aliphatic heterocycles. The van der Waals surface area contributed by atoms with Crippen molar-refractivity contribution in [2.75, 3.05) is 13.7 Å². The summed E-state index contributed by atoms with van der Waals surface area (Å²) in [5, 5.41) is 3.83. The maximum Gasteiger partial charge on any atom is 0.410 e. The number of rotatable bonds is 12. The fourth-order valence-electron chi connectivity index (χ4n) is 3.84. The number of unbranched alkanes of at least 4 members (excludes halogenated alkanes) is 6. The van der Waals surface area contributed by atoms with Gasteiger partial charge in [0.1, 0.15) is 5.60 Å². The summed E-state index contributed by atoms with van der Waals surface area (Å²) in [6, 6.07) is 0.203. The number of esters is 1. The fraction of sp³-hybridized carbons (Fsp3) is 0.909. The highest BCUT2D eigenvalue weighted by molar-refractivity contribution is 5.69. The minimum Gasteiger partial charge on any atom is -0.469 e. The summed E-state index contributed by atoms with van der Waals surface area (Å²) in [4.78, 5) is 28.7. The Morgan fingerprint density at radius 1 is 1.00 bits per heavy atom. The lowest BCUT2D eigenvalue weighted by Gasteiger charge is -2.37. The number of azide groups is 1. The van der Waals surface area contributed by atoms with Gasteiger partial charge in [-0.1, -0.05) is 37.2 Å².